The van der Waals surface area contributed by atoms with E-state index in [1.54, 1.807) is 7.11 Å². The average Bonchev–Trinajstić information content (AvgIpc) is 2.60. The lowest BCUT2D eigenvalue weighted by Crippen LogP contribution is -2.27. The molecule has 0 bridgehead atoms. The van der Waals surface area contributed by atoms with Crippen LogP contribution in [0.4, 0.5) is 0 Å². The number of rotatable bonds is 1. The zero-order valence-corrected chi connectivity index (χ0v) is 9.30. The van der Waals surface area contributed by atoms with E-state index < -0.39 is 0 Å². The van der Waals surface area contributed by atoms with Crippen molar-refractivity contribution in [2.75, 3.05) is 13.7 Å². The first-order valence-corrected chi connectivity index (χ1v) is 5.58. The second-order valence-electron chi connectivity index (χ2n) is 4.83. The van der Waals surface area contributed by atoms with Gasteiger partial charge in [-0.3, -0.25) is 0 Å². The van der Waals surface area contributed by atoms with E-state index in [4.69, 9.17) is 9.47 Å². The van der Waals surface area contributed by atoms with Crippen molar-refractivity contribution in [3.05, 3.63) is 23.3 Å². The summed E-state index contributed by atoms with van der Waals surface area (Å²) >= 11 is 0. The normalized spacial score (nSPS) is 27.1. The molecule has 1 aromatic rings. The van der Waals surface area contributed by atoms with Gasteiger partial charge in [0.2, 0.25) is 0 Å². The van der Waals surface area contributed by atoms with Gasteiger partial charge >= 0.3 is 0 Å². The van der Waals surface area contributed by atoms with Crippen LogP contribution < -0.4 is 9.47 Å². The fourth-order valence-corrected chi connectivity index (χ4v) is 2.95. The molecule has 2 heteroatoms. The number of hydrogen-bond donors (Lipinski definition) is 0. The first-order valence-electron chi connectivity index (χ1n) is 5.58. The molecule has 2 nitrogen and oxygen atoms in total. The van der Waals surface area contributed by atoms with E-state index in [1.165, 1.54) is 30.4 Å². The van der Waals surface area contributed by atoms with E-state index in [0.29, 0.717) is 0 Å². The van der Waals surface area contributed by atoms with Crippen molar-refractivity contribution in [1.82, 2.24) is 0 Å². The predicted octanol–water partition coefficient (Wildman–Crippen LogP) is 2.68. The second kappa shape index (κ2) is 2.91. The van der Waals surface area contributed by atoms with E-state index >= 15 is 0 Å². The van der Waals surface area contributed by atoms with Gasteiger partial charge in [0.25, 0.3) is 0 Å². The van der Waals surface area contributed by atoms with E-state index in [0.717, 1.165) is 18.1 Å². The maximum absolute atomic E-state index is 5.82. The molecule has 1 aliphatic heterocycles. The molecular weight excluding hydrogens is 188 g/mol. The molecule has 15 heavy (non-hydrogen) atoms. The van der Waals surface area contributed by atoms with Crippen molar-refractivity contribution < 1.29 is 9.47 Å². The summed E-state index contributed by atoms with van der Waals surface area (Å²) in [5, 5.41) is 0. The molecule has 80 valence electrons. The third kappa shape index (κ3) is 1.11. The van der Waals surface area contributed by atoms with Crippen molar-refractivity contribution in [3.8, 4) is 11.5 Å². The molecule has 1 heterocycles. The highest BCUT2D eigenvalue weighted by molar-refractivity contribution is 5.57. The zero-order valence-electron chi connectivity index (χ0n) is 9.30. The van der Waals surface area contributed by atoms with E-state index in [9.17, 15) is 0 Å². The third-order valence-corrected chi connectivity index (χ3v) is 3.74. The van der Waals surface area contributed by atoms with Gasteiger partial charge in [0.1, 0.15) is 0 Å². The Kier molecular flexibility index (Phi) is 1.76. The Morgan fingerprint density at radius 2 is 2.27 bits per heavy atom. The molecule has 1 atom stereocenters. The monoisotopic (exact) mass is 204 g/mol. The SMILES string of the molecule is COc1ccc2c3c1OCC3(C)CCC2. The fourth-order valence-electron chi connectivity index (χ4n) is 2.95. The predicted molar refractivity (Wildman–Crippen MR) is 58.8 cm³/mol. The van der Waals surface area contributed by atoms with Crippen LogP contribution in [0.2, 0.25) is 0 Å². The molecule has 2 aliphatic rings. The van der Waals surface area contributed by atoms with Gasteiger partial charge < -0.3 is 9.47 Å². The molecule has 3 rings (SSSR count). The van der Waals surface area contributed by atoms with Crippen LogP contribution in [0, 0.1) is 0 Å². The number of ether oxygens (including phenoxy) is 2. The molecule has 1 aliphatic carbocycles. The highest BCUT2D eigenvalue weighted by Gasteiger charge is 2.41. The van der Waals surface area contributed by atoms with Crippen molar-refractivity contribution in [3.63, 3.8) is 0 Å². The summed E-state index contributed by atoms with van der Waals surface area (Å²) in [6, 6.07) is 4.23. The van der Waals surface area contributed by atoms with Gasteiger partial charge in [-0.15, -0.1) is 0 Å². The topological polar surface area (TPSA) is 18.5 Å². The highest BCUT2D eigenvalue weighted by Crippen LogP contribution is 2.50. The van der Waals surface area contributed by atoms with Gasteiger partial charge in [-0.25, -0.2) is 0 Å². The number of aryl methyl sites for hydroxylation is 1. The summed E-state index contributed by atoms with van der Waals surface area (Å²) in [5.41, 5.74) is 3.10. The number of hydrogen-bond acceptors (Lipinski definition) is 2. The van der Waals surface area contributed by atoms with Crippen molar-refractivity contribution in [1.29, 1.82) is 0 Å². The van der Waals surface area contributed by atoms with Crippen LogP contribution in [0.25, 0.3) is 0 Å². The quantitative estimate of drug-likeness (QED) is 0.700. The van der Waals surface area contributed by atoms with Gasteiger partial charge in [-0.05, 0) is 30.9 Å². The summed E-state index contributed by atoms with van der Waals surface area (Å²) in [5.74, 6) is 1.89. The Labute approximate surface area is 90.2 Å². The third-order valence-electron chi connectivity index (χ3n) is 3.74. The number of methoxy groups -OCH3 is 1. The Morgan fingerprint density at radius 1 is 1.40 bits per heavy atom. The van der Waals surface area contributed by atoms with Crippen molar-refractivity contribution in [2.45, 2.75) is 31.6 Å². The standard InChI is InChI=1S/C13H16O2/c1-13-7-3-4-9-5-6-10(14-2)12(11(9)13)15-8-13/h5-6H,3-4,7-8H2,1-2H3. The van der Waals surface area contributed by atoms with Crippen LogP contribution in [0.5, 0.6) is 11.5 Å². The van der Waals surface area contributed by atoms with Gasteiger partial charge in [-0.2, -0.15) is 0 Å². The lowest BCUT2D eigenvalue weighted by Gasteiger charge is -2.29. The summed E-state index contributed by atoms with van der Waals surface area (Å²) in [6.45, 7) is 3.12. The van der Waals surface area contributed by atoms with Crippen LogP contribution in [0.1, 0.15) is 30.9 Å². The lowest BCUT2D eigenvalue weighted by atomic mass is 9.73. The van der Waals surface area contributed by atoms with Gasteiger partial charge in [0.05, 0.1) is 13.7 Å². The summed E-state index contributed by atoms with van der Waals surface area (Å²) in [6.07, 6.45) is 3.70. The van der Waals surface area contributed by atoms with Gasteiger partial charge in [-0.1, -0.05) is 13.0 Å². The Morgan fingerprint density at radius 3 is 3.07 bits per heavy atom. The van der Waals surface area contributed by atoms with Crippen LogP contribution in [0.3, 0.4) is 0 Å². The van der Waals surface area contributed by atoms with Crippen molar-refractivity contribution in [2.24, 2.45) is 0 Å². The minimum absolute atomic E-state index is 0.234. The first kappa shape index (κ1) is 9.08. The molecule has 1 aromatic carbocycles. The molecular formula is C13H16O2. The van der Waals surface area contributed by atoms with Gasteiger partial charge in [0, 0.05) is 11.0 Å². The molecule has 0 N–H and O–H groups in total. The fraction of sp³-hybridized carbons (Fsp3) is 0.538. The minimum Gasteiger partial charge on any atom is -0.493 e. The molecule has 0 aromatic heterocycles. The summed E-state index contributed by atoms with van der Waals surface area (Å²) in [4.78, 5) is 0. The number of benzene rings is 1. The van der Waals surface area contributed by atoms with Crippen molar-refractivity contribution >= 4 is 0 Å². The molecule has 0 radical (unpaired) electrons. The largest absolute Gasteiger partial charge is 0.493 e. The maximum Gasteiger partial charge on any atom is 0.165 e. The second-order valence-corrected chi connectivity index (χ2v) is 4.83. The first-order chi connectivity index (χ1) is 7.24. The Balaban J connectivity index is 2.25. The minimum atomic E-state index is 0.234. The van der Waals surface area contributed by atoms with Crippen LogP contribution in [0.15, 0.2) is 12.1 Å². The Hall–Kier alpha value is -1.18. The smallest absolute Gasteiger partial charge is 0.165 e. The summed E-state index contributed by atoms with van der Waals surface area (Å²) < 4.78 is 11.2. The maximum atomic E-state index is 5.82. The molecule has 0 spiro atoms. The average molecular weight is 204 g/mol. The lowest BCUT2D eigenvalue weighted by molar-refractivity contribution is 0.254. The van der Waals surface area contributed by atoms with E-state index in [-0.39, 0.29) is 5.41 Å². The highest BCUT2D eigenvalue weighted by atomic mass is 16.5. The molecule has 0 fully saturated rings. The van der Waals surface area contributed by atoms with Gasteiger partial charge in [0.15, 0.2) is 11.5 Å². The molecule has 0 saturated carbocycles. The summed E-state index contributed by atoms with van der Waals surface area (Å²) in [7, 11) is 1.71. The molecule has 0 amide bonds. The Bertz CT molecular complexity index is 411. The van der Waals surface area contributed by atoms with E-state index in [2.05, 4.69) is 13.0 Å². The van der Waals surface area contributed by atoms with Crippen LogP contribution in [-0.2, 0) is 11.8 Å². The van der Waals surface area contributed by atoms with Crippen LogP contribution in [-0.4, -0.2) is 13.7 Å². The molecule has 1 unspecified atom stereocenters. The zero-order chi connectivity index (χ0) is 10.5. The molecule has 0 saturated heterocycles. The van der Waals surface area contributed by atoms with E-state index in [1.807, 2.05) is 6.07 Å². The van der Waals surface area contributed by atoms with Crippen LogP contribution >= 0.6 is 0 Å².